The molecule has 0 aliphatic carbocycles. The molecule has 2 aliphatic rings. The van der Waals surface area contributed by atoms with Crippen LogP contribution in [0, 0.1) is 5.92 Å². The molecule has 0 atom stereocenters. The number of anilines is 1. The number of hydrogen-bond donors (Lipinski definition) is 1. The highest BCUT2D eigenvalue weighted by atomic mass is 16.6. The average molecular weight is 426 g/mol. The third-order valence-electron chi connectivity index (χ3n) is 6.34. The number of benzene rings is 1. The van der Waals surface area contributed by atoms with Gasteiger partial charge in [0.25, 0.3) is 0 Å². The van der Waals surface area contributed by atoms with Gasteiger partial charge in [-0.05, 0) is 70.0 Å². The minimum absolute atomic E-state index is 0.0307. The molecular formula is C24H31N3O4. The summed E-state index contributed by atoms with van der Waals surface area (Å²) in [6.07, 6.45) is 5.11. The average Bonchev–Trinajstić information content (AvgIpc) is 3.35. The first-order valence-corrected chi connectivity index (χ1v) is 11.2. The van der Waals surface area contributed by atoms with Gasteiger partial charge in [0.05, 0.1) is 12.9 Å². The van der Waals surface area contributed by atoms with E-state index >= 15 is 0 Å². The first-order chi connectivity index (χ1) is 15.1. The maximum Gasteiger partial charge on any atom is 0.409 e. The van der Waals surface area contributed by atoms with Crippen LogP contribution in [-0.2, 0) is 9.53 Å². The van der Waals surface area contributed by atoms with E-state index in [0.29, 0.717) is 12.6 Å². The molecule has 1 aromatic heterocycles. The molecule has 0 spiro atoms. The van der Waals surface area contributed by atoms with Crippen molar-refractivity contribution in [1.29, 1.82) is 0 Å². The molecule has 0 radical (unpaired) electrons. The number of carbonyl (C=O) groups is 2. The van der Waals surface area contributed by atoms with Crippen molar-refractivity contribution in [3.63, 3.8) is 0 Å². The lowest BCUT2D eigenvalue weighted by Crippen LogP contribution is -2.49. The molecule has 2 saturated heterocycles. The van der Waals surface area contributed by atoms with E-state index in [4.69, 9.17) is 9.15 Å². The predicted octanol–water partition coefficient (Wildman–Crippen LogP) is 4.22. The van der Waals surface area contributed by atoms with Crippen molar-refractivity contribution in [3.05, 3.63) is 42.7 Å². The third kappa shape index (κ3) is 5.28. The number of hydrogen-bond acceptors (Lipinski definition) is 5. The van der Waals surface area contributed by atoms with Crippen LogP contribution in [0.15, 0.2) is 47.1 Å². The zero-order chi connectivity index (χ0) is 21.6. The maximum atomic E-state index is 12.8. The van der Waals surface area contributed by atoms with Crippen molar-refractivity contribution < 1.29 is 18.7 Å². The fraction of sp³-hybridized carbons (Fsp3) is 0.500. The van der Waals surface area contributed by atoms with Gasteiger partial charge in [0.2, 0.25) is 5.91 Å². The molecule has 0 unspecified atom stereocenters. The molecule has 2 aromatic rings. The Kier molecular flexibility index (Phi) is 6.92. The lowest BCUT2D eigenvalue weighted by atomic mass is 9.92. The molecule has 4 rings (SSSR count). The number of nitrogens with one attached hydrogen (secondary N) is 1. The summed E-state index contributed by atoms with van der Waals surface area (Å²) in [6.45, 7) is 5.59. The van der Waals surface area contributed by atoms with Gasteiger partial charge in [-0.1, -0.05) is 12.1 Å². The van der Waals surface area contributed by atoms with Crippen LogP contribution in [0.3, 0.4) is 0 Å². The fourth-order valence-electron chi connectivity index (χ4n) is 4.59. The molecule has 166 valence electrons. The van der Waals surface area contributed by atoms with Crippen LogP contribution in [0.5, 0.6) is 0 Å². The van der Waals surface area contributed by atoms with Crippen molar-refractivity contribution in [2.75, 3.05) is 38.1 Å². The monoisotopic (exact) mass is 425 g/mol. The second kappa shape index (κ2) is 10.0. The molecule has 2 fully saturated rings. The van der Waals surface area contributed by atoms with E-state index < -0.39 is 0 Å². The summed E-state index contributed by atoms with van der Waals surface area (Å²) < 4.78 is 10.6. The van der Waals surface area contributed by atoms with Crippen molar-refractivity contribution >= 4 is 17.7 Å². The normalized spacial score (nSPS) is 18.7. The highest BCUT2D eigenvalue weighted by Gasteiger charge is 2.32. The lowest BCUT2D eigenvalue weighted by molar-refractivity contribution is -0.121. The minimum Gasteiger partial charge on any atom is -0.464 e. The molecule has 3 heterocycles. The summed E-state index contributed by atoms with van der Waals surface area (Å²) in [5.41, 5.74) is 1.75. The molecule has 0 saturated carbocycles. The number of ether oxygens (including phenoxy) is 1. The Morgan fingerprint density at radius 1 is 1.06 bits per heavy atom. The molecule has 1 aromatic carbocycles. The molecule has 0 bridgehead atoms. The molecule has 2 amide bonds. The maximum absolute atomic E-state index is 12.8. The SMILES string of the molecule is CCOC(=O)N1CCC(N2CCC(C(=O)Nc3cccc(-c4ccco4)c3)CC2)CC1. The van der Waals surface area contributed by atoms with Crippen molar-refractivity contribution in [2.24, 2.45) is 5.92 Å². The summed E-state index contributed by atoms with van der Waals surface area (Å²) in [5, 5.41) is 3.08. The molecule has 31 heavy (non-hydrogen) atoms. The number of piperidine rings is 2. The van der Waals surface area contributed by atoms with Gasteiger partial charge in [-0.25, -0.2) is 4.79 Å². The first kappa shape index (κ1) is 21.4. The highest BCUT2D eigenvalue weighted by molar-refractivity contribution is 5.93. The lowest BCUT2D eigenvalue weighted by Gasteiger charge is -2.41. The summed E-state index contributed by atoms with van der Waals surface area (Å²) in [6, 6.07) is 12.0. The summed E-state index contributed by atoms with van der Waals surface area (Å²) in [5.74, 6) is 0.912. The molecule has 7 heteroatoms. The smallest absolute Gasteiger partial charge is 0.409 e. The molecule has 1 N–H and O–H groups in total. The standard InChI is InChI=1S/C24H31N3O4/c1-2-30-24(29)27-14-10-21(11-15-27)26-12-8-18(9-13-26)23(28)25-20-6-3-5-19(17-20)22-7-4-16-31-22/h3-7,16-18,21H,2,8-15H2,1H3,(H,25,28). The Labute approximate surface area is 183 Å². The van der Waals surface area contributed by atoms with Gasteiger partial charge < -0.3 is 24.3 Å². The topological polar surface area (TPSA) is 75.0 Å². The van der Waals surface area contributed by atoms with Crippen LogP contribution < -0.4 is 5.32 Å². The molecule has 7 nitrogen and oxygen atoms in total. The second-order valence-electron chi connectivity index (χ2n) is 8.27. The number of nitrogens with zero attached hydrogens (tertiary/aromatic N) is 2. The number of furan rings is 1. The van der Waals surface area contributed by atoms with Crippen LogP contribution in [0.4, 0.5) is 10.5 Å². The fourth-order valence-corrected chi connectivity index (χ4v) is 4.59. The summed E-state index contributed by atoms with van der Waals surface area (Å²) in [7, 11) is 0. The van der Waals surface area contributed by atoms with E-state index in [-0.39, 0.29) is 17.9 Å². The van der Waals surface area contributed by atoms with Gasteiger partial charge in [-0.3, -0.25) is 4.79 Å². The van der Waals surface area contributed by atoms with E-state index in [2.05, 4.69) is 10.2 Å². The zero-order valence-corrected chi connectivity index (χ0v) is 18.1. The van der Waals surface area contributed by atoms with E-state index in [0.717, 1.165) is 68.9 Å². The summed E-state index contributed by atoms with van der Waals surface area (Å²) >= 11 is 0. The van der Waals surface area contributed by atoms with E-state index in [1.54, 1.807) is 11.2 Å². The summed E-state index contributed by atoms with van der Waals surface area (Å²) in [4.78, 5) is 29.0. The molecule has 2 aliphatic heterocycles. The van der Waals surface area contributed by atoms with Crippen molar-refractivity contribution in [2.45, 2.75) is 38.6 Å². The van der Waals surface area contributed by atoms with Crippen LogP contribution in [0.1, 0.15) is 32.6 Å². The predicted molar refractivity (Wildman–Crippen MR) is 119 cm³/mol. The highest BCUT2D eigenvalue weighted by Crippen LogP contribution is 2.27. The number of rotatable bonds is 5. The Balaban J connectivity index is 1.24. The Morgan fingerprint density at radius 3 is 2.52 bits per heavy atom. The number of amides is 2. The molecular weight excluding hydrogens is 394 g/mol. The van der Waals surface area contributed by atoms with E-state index in [9.17, 15) is 9.59 Å². The van der Waals surface area contributed by atoms with Crippen LogP contribution in [0.25, 0.3) is 11.3 Å². The Morgan fingerprint density at radius 2 is 1.84 bits per heavy atom. The number of carbonyl (C=O) groups excluding carboxylic acids is 2. The van der Waals surface area contributed by atoms with Crippen LogP contribution in [-0.4, -0.2) is 60.6 Å². The third-order valence-corrected chi connectivity index (χ3v) is 6.34. The first-order valence-electron chi connectivity index (χ1n) is 11.2. The van der Waals surface area contributed by atoms with Crippen molar-refractivity contribution in [3.8, 4) is 11.3 Å². The minimum atomic E-state index is -0.201. The van der Waals surface area contributed by atoms with Gasteiger partial charge in [0, 0.05) is 36.3 Å². The number of likely N-dealkylation sites (tertiary alicyclic amines) is 2. The Hall–Kier alpha value is -2.80. The van der Waals surface area contributed by atoms with Gasteiger partial charge in [-0.15, -0.1) is 0 Å². The zero-order valence-electron chi connectivity index (χ0n) is 18.1. The van der Waals surface area contributed by atoms with E-state index in [1.807, 2.05) is 43.3 Å². The largest absolute Gasteiger partial charge is 0.464 e. The van der Waals surface area contributed by atoms with Crippen LogP contribution in [0.2, 0.25) is 0 Å². The van der Waals surface area contributed by atoms with Gasteiger partial charge >= 0.3 is 6.09 Å². The van der Waals surface area contributed by atoms with Gasteiger partial charge in [-0.2, -0.15) is 0 Å². The van der Waals surface area contributed by atoms with Gasteiger partial charge in [0.15, 0.2) is 0 Å². The van der Waals surface area contributed by atoms with Crippen LogP contribution >= 0.6 is 0 Å². The second-order valence-corrected chi connectivity index (χ2v) is 8.27. The van der Waals surface area contributed by atoms with Gasteiger partial charge in [0.1, 0.15) is 5.76 Å². The Bertz CT molecular complexity index is 867. The quantitative estimate of drug-likeness (QED) is 0.776. The van der Waals surface area contributed by atoms with E-state index in [1.165, 1.54) is 0 Å². The van der Waals surface area contributed by atoms with Crippen molar-refractivity contribution in [1.82, 2.24) is 9.80 Å².